The van der Waals surface area contributed by atoms with Gasteiger partial charge in [-0.15, -0.1) is 0 Å². The van der Waals surface area contributed by atoms with Crippen LogP contribution >= 0.6 is 15.9 Å². The molecule has 0 atom stereocenters. The highest BCUT2D eigenvalue weighted by Gasteiger charge is 1.83. The molecule has 1 aromatic rings. The molecule has 4 heteroatoms. The Labute approximate surface area is 73.2 Å². The van der Waals surface area contributed by atoms with Crippen molar-refractivity contribution < 1.29 is 9.90 Å². The molecule has 1 aromatic heterocycles. The Kier molecular flexibility index (Phi) is 6.62. The minimum atomic E-state index is -0.829. The van der Waals surface area contributed by atoms with Gasteiger partial charge in [-0.2, -0.15) is 0 Å². The zero-order valence-corrected chi connectivity index (χ0v) is 7.36. The van der Waals surface area contributed by atoms with Gasteiger partial charge in [0.1, 0.15) is 5.33 Å². The average molecular weight is 218 g/mol. The van der Waals surface area contributed by atoms with Gasteiger partial charge >= 0.3 is 5.97 Å². The smallest absolute Gasteiger partial charge is 0.314 e. The molecule has 0 radical (unpaired) electrons. The summed E-state index contributed by atoms with van der Waals surface area (Å²) in [4.78, 5) is 13.1. The first-order valence-corrected chi connectivity index (χ1v) is 4.02. The van der Waals surface area contributed by atoms with Gasteiger partial charge in [-0.05, 0) is 12.1 Å². The van der Waals surface area contributed by atoms with Gasteiger partial charge in [0, 0.05) is 12.4 Å². The van der Waals surface area contributed by atoms with E-state index in [4.69, 9.17) is 5.11 Å². The molecular formula is C7H8BrNO2. The predicted octanol–water partition coefficient (Wildman–Crippen LogP) is 1.55. The van der Waals surface area contributed by atoms with Crippen molar-refractivity contribution in [1.29, 1.82) is 0 Å². The van der Waals surface area contributed by atoms with Crippen LogP contribution in [0.3, 0.4) is 0 Å². The standard InChI is InChI=1S/C5H5N.C2H3BrO2/c1-2-4-6-5-3-1;3-1-2(4)5/h1-5H;1H2,(H,4,5). The zero-order chi connectivity index (χ0) is 8.53. The summed E-state index contributed by atoms with van der Waals surface area (Å²) in [5.41, 5.74) is 0. The number of pyridine rings is 1. The minimum absolute atomic E-state index is 0.0347. The molecule has 11 heavy (non-hydrogen) atoms. The highest BCUT2D eigenvalue weighted by atomic mass is 79.9. The zero-order valence-electron chi connectivity index (χ0n) is 5.77. The molecule has 0 fully saturated rings. The van der Waals surface area contributed by atoms with Crippen LogP contribution in [-0.2, 0) is 4.79 Å². The number of hydrogen-bond donors (Lipinski definition) is 1. The van der Waals surface area contributed by atoms with E-state index in [0.717, 1.165) is 0 Å². The first kappa shape index (κ1) is 10.1. The topological polar surface area (TPSA) is 50.2 Å². The number of hydrogen-bond acceptors (Lipinski definition) is 2. The van der Waals surface area contributed by atoms with E-state index in [9.17, 15) is 4.79 Å². The van der Waals surface area contributed by atoms with E-state index in [1.54, 1.807) is 12.4 Å². The van der Waals surface area contributed by atoms with Crippen LogP contribution in [0.4, 0.5) is 0 Å². The largest absolute Gasteiger partial charge is 0.481 e. The van der Waals surface area contributed by atoms with Crippen molar-refractivity contribution in [3.63, 3.8) is 0 Å². The lowest BCUT2D eigenvalue weighted by atomic mass is 10.5. The fraction of sp³-hybridized carbons (Fsp3) is 0.143. The molecule has 0 amide bonds. The van der Waals surface area contributed by atoms with Crippen molar-refractivity contribution in [3.05, 3.63) is 30.6 Å². The first-order valence-electron chi connectivity index (χ1n) is 2.90. The molecule has 0 saturated heterocycles. The van der Waals surface area contributed by atoms with Crippen molar-refractivity contribution in [3.8, 4) is 0 Å². The lowest BCUT2D eigenvalue weighted by Gasteiger charge is -1.70. The molecule has 0 saturated carbocycles. The number of aliphatic carboxylic acids is 1. The summed E-state index contributed by atoms with van der Waals surface area (Å²) in [5.74, 6) is -0.829. The summed E-state index contributed by atoms with van der Waals surface area (Å²) in [6.45, 7) is 0. The first-order chi connectivity index (χ1) is 5.27. The maximum absolute atomic E-state index is 9.32. The van der Waals surface area contributed by atoms with Gasteiger partial charge in [-0.3, -0.25) is 9.78 Å². The maximum Gasteiger partial charge on any atom is 0.314 e. The molecule has 0 bridgehead atoms. The van der Waals surface area contributed by atoms with Crippen LogP contribution in [0.25, 0.3) is 0 Å². The summed E-state index contributed by atoms with van der Waals surface area (Å²) < 4.78 is 0. The normalized spacial score (nSPS) is 7.73. The molecule has 0 aliphatic carbocycles. The van der Waals surface area contributed by atoms with Crippen LogP contribution in [-0.4, -0.2) is 21.4 Å². The van der Waals surface area contributed by atoms with E-state index in [-0.39, 0.29) is 5.33 Å². The third-order valence-corrected chi connectivity index (χ3v) is 1.16. The second kappa shape index (κ2) is 7.21. The molecule has 0 aliphatic heterocycles. The lowest BCUT2D eigenvalue weighted by molar-refractivity contribution is -0.133. The van der Waals surface area contributed by atoms with Gasteiger partial charge in [-0.25, -0.2) is 0 Å². The Morgan fingerprint density at radius 2 is 1.82 bits per heavy atom. The minimum Gasteiger partial charge on any atom is -0.481 e. The van der Waals surface area contributed by atoms with Crippen LogP contribution in [0.2, 0.25) is 0 Å². The molecule has 3 nitrogen and oxygen atoms in total. The van der Waals surface area contributed by atoms with E-state index in [1.165, 1.54) is 0 Å². The van der Waals surface area contributed by atoms with E-state index >= 15 is 0 Å². The Hall–Kier alpha value is -0.900. The monoisotopic (exact) mass is 217 g/mol. The molecule has 60 valence electrons. The molecule has 1 heterocycles. The molecule has 0 aliphatic rings. The van der Waals surface area contributed by atoms with Crippen molar-refractivity contribution in [2.75, 3.05) is 5.33 Å². The molecule has 0 unspecified atom stereocenters. The number of halogens is 1. The molecule has 0 spiro atoms. The number of aromatic nitrogens is 1. The van der Waals surface area contributed by atoms with E-state index in [1.807, 2.05) is 18.2 Å². The Morgan fingerprint density at radius 1 is 1.36 bits per heavy atom. The van der Waals surface area contributed by atoms with Crippen LogP contribution in [0, 0.1) is 0 Å². The van der Waals surface area contributed by atoms with Crippen molar-refractivity contribution in [2.24, 2.45) is 0 Å². The number of rotatable bonds is 1. The van der Waals surface area contributed by atoms with E-state index < -0.39 is 5.97 Å². The van der Waals surface area contributed by atoms with E-state index in [2.05, 4.69) is 20.9 Å². The number of carboxylic acid groups (broad SMARTS) is 1. The third-order valence-electron chi connectivity index (χ3n) is 0.681. The highest BCUT2D eigenvalue weighted by molar-refractivity contribution is 9.09. The van der Waals surface area contributed by atoms with Gasteiger partial charge in [0.25, 0.3) is 0 Å². The summed E-state index contributed by atoms with van der Waals surface area (Å²) >= 11 is 2.71. The second-order valence-corrected chi connectivity index (χ2v) is 2.11. The third kappa shape index (κ3) is 9.10. The summed E-state index contributed by atoms with van der Waals surface area (Å²) in [7, 11) is 0. The number of carboxylic acids is 1. The van der Waals surface area contributed by atoms with Crippen LogP contribution in [0.1, 0.15) is 0 Å². The van der Waals surface area contributed by atoms with Crippen molar-refractivity contribution in [2.45, 2.75) is 0 Å². The summed E-state index contributed by atoms with van der Waals surface area (Å²) in [6.07, 6.45) is 3.50. The average Bonchev–Trinajstić information content (AvgIpc) is 2.09. The fourth-order valence-corrected chi connectivity index (χ4v) is 0.313. The van der Waals surface area contributed by atoms with E-state index in [0.29, 0.717) is 0 Å². The second-order valence-electron chi connectivity index (χ2n) is 1.55. The van der Waals surface area contributed by atoms with Crippen LogP contribution in [0.5, 0.6) is 0 Å². The Balaban J connectivity index is 0.000000187. The molecular weight excluding hydrogens is 210 g/mol. The number of carbonyl (C=O) groups is 1. The van der Waals surface area contributed by atoms with Gasteiger partial charge < -0.3 is 5.11 Å². The predicted molar refractivity (Wildman–Crippen MR) is 45.7 cm³/mol. The molecule has 1 N–H and O–H groups in total. The Bertz CT molecular complexity index is 164. The number of alkyl halides is 1. The van der Waals surface area contributed by atoms with Gasteiger partial charge in [-0.1, -0.05) is 22.0 Å². The lowest BCUT2D eigenvalue weighted by Crippen LogP contribution is -1.92. The van der Waals surface area contributed by atoms with Gasteiger partial charge in [0.2, 0.25) is 0 Å². The van der Waals surface area contributed by atoms with Gasteiger partial charge in [0.05, 0.1) is 0 Å². The Morgan fingerprint density at radius 3 is 1.91 bits per heavy atom. The fourth-order valence-electron chi connectivity index (χ4n) is 0.313. The molecule has 0 aromatic carbocycles. The summed E-state index contributed by atoms with van der Waals surface area (Å²) in [6, 6.07) is 5.72. The van der Waals surface area contributed by atoms with Crippen molar-refractivity contribution >= 4 is 21.9 Å². The SMILES string of the molecule is O=C(O)CBr.c1ccncc1. The quantitative estimate of drug-likeness (QED) is 0.727. The summed E-state index contributed by atoms with van der Waals surface area (Å²) in [5, 5.41) is 7.71. The van der Waals surface area contributed by atoms with Crippen molar-refractivity contribution in [1.82, 2.24) is 4.98 Å². The van der Waals surface area contributed by atoms with Gasteiger partial charge in [0.15, 0.2) is 0 Å². The van der Waals surface area contributed by atoms with Crippen LogP contribution in [0.15, 0.2) is 30.6 Å². The molecule has 1 rings (SSSR count). The number of nitrogens with zero attached hydrogens (tertiary/aromatic N) is 1. The maximum atomic E-state index is 9.32. The van der Waals surface area contributed by atoms with Crippen LogP contribution < -0.4 is 0 Å². The highest BCUT2D eigenvalue weighted by Crippen LogP contribution is 1.74.